The van der Waals surface area contributed by atoms with Crippen molar-refractivity contribution in [1.82, 2.24) is 4.57 Å². The van der Waals surface area contributed by atoms with E-state index in [9.17, 15) is 9.59 Å². The molecule has 2 aromatic carbocycles. The molecule has 1 aliphatic rings. The largest absolute Gasteiger partial charge is 0.383 e. The molecule has 0 atom stereocenters. The minimum atomic E-state index is -0.0397. The Morgan fingerprint density at radius 1 is 0.889 bits per heavy atom. The van der Waals surface area contributed by atoms with Crippen molar-refractivity contribution in [3.63, 3.8) is 0 Å². The normalized spacial score (nSPS) is 12.8. The maximum Gasteiger partial charge on any atom is 0.259 e. The van der Waals surface area contributed by atoms with Crippen LogP contribution in [0.3, 0.4) is 0 Å². The van der Waals surface area contributed by atoms with E-state index in [0.29, 0.717) is 16.5 Å². The van der Waals surface area contributed by atoms with Gasteiger partial charge in [-0.2, -0.15) is 0 Å². The van der Waals surface area contributed by atoms with Crippen LogP contribution in [0.1, 0.15) is 55.2 Å². The van der Waals surface area contributed by atoms with Crippen molar-refractivity contribution in [1.29, 1.82) is 0 Å². The van der Waals surface area contributed by atoms with Gasteiger partial charge in [-0.1, -0.05) is 24.3 Å². The van der Waals surface area contributed by atoms with Crippen LogP contribution in [0.5, 0.6) is 0 Å². The minimum absolute atomic E-state index is 0.0125. The molecule has 138 valence electrons. The highest BCUT2D eigenvalue weighted by atomic mass is 16.1. The van der Waals surface area contributed by atoms with Crippen molar-refractivity contribution >= 4 is 22.2 Å². The maximum atomic E-state index is 13.3. The van der Waals surface area contributed by atoms with Crippen LogP contribution in [-0.2, 0) is 0 Å². The third-order valence-corrected chi connectivity index (χ3v) is 5.28. The summed E-state index contributed by atoms with van der Waals surface area (Å²) in [7, 11) is 0. The topological polar surface area (TPSA) is 51.1 Å². The Morgan fingerprint density at radius 3 is 2.19 bits per heavy atom. The van der Waals surface area contributed by atoms with E-state index in [1.807, 2.05) is 45.0 Å². The van der Waals surface area contributed by atoms with Crippen LogP contribution in [0.4, 0.5) is 5.69 Å². The summed E-state index contributed by atoms with van der Waals surface area (Å²) in [5.74, 6) is -0.0125. The number of carbonyl (C=O) groups excluding carboxylic acids is 1. The average Bonchev–Trinajstić information content (AvgIpc) is 2.62. The Labute approximate surface area is 158 Å². The number of aromatic nitrogens is 1. The van der Waals surface area contributed by atoms with Gasteiger partial charge in [-0.15, -0.1) is 0 Å². The number of aryl methyl sites for hydroxylation is 1. The van der Waals surface area contributed by atoms with E-state index in [1.54, 1.807) is 10.8 Å². The Kier molecular flexibility index (Phi) is 3.95. The zero-order valence-electron chi connectivity index (χ0n) is 16.4. The molecular weight excluding hydrogens is 336 g/mol. The Morgan fingerprint density at radius 2 is 1.56 bits per heavy atom. The number of hydrogen-bond donors (Lipinski definition) is 1. The van der Waals surface area contributed by atoms with Gasteiger partial charge in [0, 0.05) is 40.5 Å². The minimum Gasteiger partial charge on any atom is -0.383 e. The fourth-order valence-electron chi connectivity index (χ4n) is 4.01. The van der Waals surface area contributed by atoms with Gasteiger partial charge in [0.15, 0.2) is 5.78 Å². The standard InChI is InChI=1S/C23H24N2O2/c1-12(2)24-19-10-17-15-8-6-7-9-16(15)22(26)18-11-25(13(3)4)23(27)20(14(19)5)21(17)18/h6-13,24H,1-5H3. The lowest BCUT2D eigenvalue weighted by Crippen LogP contribution is -2.26. The monoisotopic (exact) mass is 360 g/mol. The predicted molar refractivity (Wildman–Crippen MR) is 111 cm³/mol. The molecule has 3 aromatic rings. The molecule has 1 aliphatic carbocycles. The van der Waals surface area contributed by atoms with Crippen molar-refractivity contribution in [3.8, 4) is 11.1 Å². The molecular formula is C23H24N2O2. The fourth-order valence-corrected chi connectivity index (χ4v) is 4.01. The first-order valence-corrected chi connectivity index (χ1v) is 9.44. The third kappa shape index (κ3) is 2.51. The van der Waals surface area contributed by atoms with E-state index < -0.39 is 0 Å². The van der Waals surface area contributed by atoms with Crippen molar-refractivity contribution in [2.24, 2.45) is 0 Å². The molecule has 0 aliphatic heterocycles. The number of anilines is 1. The molecule has 0 spiro atoms. The number of nitrogens with one attached hydrogen (secondary N) is 1. The van der Waals surface area contributed by atoms with Crippen LogP contribution in [0, 0.1) is 6.92 Å². The SMILES string of the molecule is Cc1c(NC(C)C)cc2c3c(cn(C(C)C)c(=O)c13)C(=O)c1ccccc1-2. The molecule has 0 unspecified atom stereocenters. The molecule has 0 fully saturated rings. The molecule has 27 heavy (non-hydrogen) atoms. The van der Waals surface area contributed by atoms with Crippen molar-refractivity contribution in [2.45, 2.75) is 46.7 Å². The van der Waals surface area contributed by atoms with E-state index in [2.05, 4.69) is 25.2 Å². The summed E-state index contributed by atoms with van der Waals surface area (Å²) in [6.45, 7) is 10.1. The number of ketones is 1. The van der Waals surface area contributed by atoms with E-state index in [0.717, 1.165) is 27.8 Å². The third-order valence-electron chi connectivity index (χ3n) is 5.28. The van der Waals surface area contributed by atoms with Crippen molar-refractivity contribution < 1.29 is 4.79 Å². The summed E-state index contributed by atoms with van der Waals surface area (Å²) in [4.78, 5) is 26.5. The second-order valence-corrected chi connectivity index (χ2v) is 7.87. The summed E-state index contributed by atoms with van der Waals surface area (Å²) < 4.78 is 1.68. The van der Waals surface area contributed by atoms with Gasteiger partial charge >= 0.3 is 0 Å². The first-order chi connectivity index (χ1) is 12.8. The molecule has 0 bridgehead atoms. The summed E-state index contributed by atoms with van der Waals surface area (Å²) in [5.41, 5.74) is 4.97. The zero-order valence-corrected chi connectivity index (χ0v) is 16.4. The van der Waals surface area contributed by atoms with Crippen molar-refractivity contribution in [2.75, 3.05) is 5.32 Å². The van der Waals surface area contributed by atoms with Gasteiger partial charge < -0.3 is 9.88 Å². The molecule has 0 saturated heterocycles. The molecule has 1 aromatic heterocycles. The lowest BCUT2D eigenvalue weighted by atomic mass is 9.82. The summed E-state index contributed by atoms with van der Waals surface area (Å²) in [6, 6.07) is 9.97. The van der Waals surface area contributed by atoms with Gasteiger partial charge in [0.05, 0.1) is 5.39 Å². The number of nitrogens with zero attached hydrogens (tertiary/aromatic N) is 1. The molecule has 4 rings (SSSR count). The Balaban J connectivity index is 2.24. The number of hydrogen-bond acceptors (Lipinski definition) is 3. The van der Waals surface area contributed by atoms with E-state index in [4.69, 9.17) is 0 Å². The van der Waals surface area contributed by atoms with E-state index >= 15 is 0 Å². The molecule has 1 heterocycles. The van der Waals surface area contributed by atoms with Gasteiger partial charge in [-0.3, -0.25) is 9.59 Å². The Bertz CT molecular complexity index is 1150. The number of benzene rings is 2. The molecule has 0 saturated carbocycles. The predicted octanol–water partition coefficient (Wildman–Crippen LogP) is 4.92. The quantitative estimate of drug-likeness (QED) is 0.564. The van der Waals surface area contributed by atoms with Gasteiger partial charge in [0.1, 0.15) is 0 Å². The smallest absolute Gasteiger partial charge is 0.259 e. The molecule has 1 N–H and O–H groups in total. The number of pyridine rings is 1. The highest BCUT2D eigenvalue weighted by Crippen LogP contribution is 2.42. The second-order valence-electron chi connectivity index (χ2n) is 7.87. The zero-order chi connectivity index (χ0) is 19.5. The van der Waals surface area contributed by atoms with Crippen LogP contribution < -0.4 is 10.9 Å². The van der Waals surface area contributed by atoms with Gasteiger partial charge in [-0.25, -0.2) is 0 Å². The second kappa shape index (κ2) is 6.08. The van der Waals surface area contributed by atoms with E-state index in [-0.39, 0.29) is 23.4 Å². The van der Waals surface area contributed by atoms with E-state index in [1.165, 1.54) is 0 Å². The number of fused-ring (bicyclic) bond motifs is 2. The fraction of sp³-hybridized carbons (Fsp3) is 0.304. The highest BCUT2D eigenvalue weighted by Gasteiger charge is 2.29. The molecule has 0 radical (unpaired) electrons. The number of rotatable bonds is 3. The highest BCUT2D eigenvalue weighted by molar-refractivity contribution is 6.26. The van der Waals surface area contributed by atoms with Crippen LogP contribution in [-0.4, -0.2) is 16.4 Å². The van der Waals surface area contributed by atoms with Crippen molar-refractivity contribution in [3.05, 3.63) is 63.6 Å². The van der Waals surface area contributed by atoms with Crippen LogP contribution >= 0.6 is 0 Å². The molecule has 4 nitrogen and oxygen atoms in total. The van der Waals surface area contributed by atoms with Gasteiger partial charge in [0.25, 0.3) is 5.56 Å². The lowest BCUT2D eigenvalue weighted by molar-refractivity contribution is 0.103. The van der Waals surface area contributed by atoms with Crippen LogP contribution in [0.2, 0.25) is 0 Å². The average molecular weight is 360 g/mol. The first-order valence-electron chi connectivity index (χ1n) is 9.44. The lowest BCUT2D eigenvalue weighted by Gasteiger charge is -2.25. The summed E-state index contributed by atoms with van der Waals surface area (Å²) in [5, 5.41) is 4.90. The molecule has 0 amide bonds. The Hall–Kier alpha value is -2.88. The molecule has 4 heteroatoms. The summed E-state index contributed by atoms with van der Waals surface area (Å²) in [6.07, 6.45) is 1.74. The number of carbonyl (C=O) groups is 1. The first kappa shape index (κ1) is 17.5. The van der Waals surface area contributed by atoms with Crippen LogP contribution in [0.25, 0.3) is 21.9 Å². The van der Waals surface area contributed by atoms with Gasteiger partial charge in [0.2, 0.25) is 0 Å². The van der Waals surface area contributed by atoms with Gasteiger partial charge in [-0.05, 0) is 57.4 Å². The van der Waals surface area contributed by atoms with Crippen LogP contribution in [0.15, 0.2) is 41.3 Å². The summed E-state index contributed by atoms with van der Waals surface area (Å²) >= 11 is 0. The maximum absolute atomic E-state index is 13.3.